The van der Waals surface area contributed by atoms with Gasteiger partial charge in [-0.15, -0.1) is 11.8 Å². The number of amides is 1. The average Bonchev–Trinajstić information content (AvgIpc) is 3.08. The summed E-state index contributed by atoms with van der Waals surface area (Å²) in [5, 5.41) is 7.03. The first-order chi connectivity index (χ1) is 14.6. The number of unbranched alkanes of at least 4 members (excludes halogenated alkanes) is 1. The van der Waals surface area contributed by atoms with Crippen molar-refractivity contribution >= 4 is 17.7 Å². The second-order valence-corrected chi connectivity index (χ2v) is 8.14. The van der Waals surface area contributed by atoms with Crippen LogP contribution in [0.2, 0.25) is 0 Å². The summed E-state index contributed by atoms with van der Waals surface area (Å²) in [6.45, 7) is 7.15. The molecule has 0 spiro atoms. The fraction of sp³-hybridized carbons (Fsp3) is 0.333. The Kier molecular flexibility index (Phi) is 7.97. The number of carbonyl (C=O) groups is 1. The van der Waals surface area contributed by atoms with Gasteiger partial charge in [0.15, 0.2) is 0 Å². The fourth-order valence-electron chi connectivity index (χ4n) is 3.00. The molecule has 3 rings (SSSR count). The number of hydrogen-bond donors (Lipinski definition) is 1. The van der Waals surface area contributed by atoms with E-state index in [2.05, 4.69) is 17.4 Å². The molecule has 0 radical (unpaired) electrons. The standard InChI is InChI=1S/C24H28N2O3S/c1-4-5-13-28-20-10-8-9-19(14-20)15-25-24(27)21-11-6-7-12-23(21)30-16-22-17(2)26-29-18(22)3/h6-12,14H,4-5,13,15-16H2,1-3H3,(H,25,27). The van der Waals surface area contributed by atoms with E-state index < -0.39 is 0 Å². The molecule has 0 unspecified atom stereocenters. The lowest BCUT2D eigenvalue weighted by Crippen LogP contribution is -2.23. The number of aryl methyl sites for hydroxylation is 2. The van der Waals surface area contributed by atoms with E-state index >= 15 is 0 Å². The summed E-state index contributed by atoms with van der Waals surface area (Å²) in [6.07, 6.45) is 2.13. The summed E-state index contributed by atoms with van der Waals surface area (Å²) in [6, 6.07) is 15.5. The topological polar surface area (TPSA) is 64.4 Å². The number of hydrogen-bond acceptors (Lipinski definition) is 5. The minimum atomic E-state index is -0.0887. The smallest absolute Gasteiger partial charge is 0.252 e. The Morgan fingerprint density at radius 2 is 2.00 bits per heavy atom. The van der Waals surface area contributed by atoms with Crippen LogP contribution in [-0.2, 0) is 12.3 Å². The molecule has 0 saturated heterocycles. The molecule has 0 aliphatic heterocycles. The number of nitrogens with zero attached hydrogens (tertiary/aromatic N) is 1. The molecule has 0 bridgehead atoms. The second kappa shape index (κ2) is 10.9. The van der Waals surface area contributed by atoms with Gasteiger partial charge in [-0.2, -0.15) is 0 Å². The second-order valence-electron chi connectivity index (χ2n) is 7.12. The van der Waals surface area contributed by atoms with E-state index in [9.17, 15) is 4.79 Å². The minimum Gasteiger partial charge on any atom is -0.494 e. The van der Waals surface area contributed by atoms with Gasteiger partial charge in [0.2, 0.25) is 0 Å². The predicted molar refractivity (Wildman–Crippen MR) is 120 cm³/mol. The maximum absolute atomic E-state index is 12.8. The molecule has 6 heteroatoms. The predicted octanol–water partition coefficient (Wildman–Crippen LogP) is 5.69. The molecule has 0 aliphatic carbocycles. The molecular formula is C24H28N2O3S. The van der Waals surface area contributed by atoms with Crippen molar-refractivity contribution in [3.8, 4) is 5.75 Å². The van der Waals surface area contributed by atoms with E-state index in [0.717, 1.165) is 46.1 Å². The van der Waals surface area contributed by atoms with Gasteiger partial charge in [-0.3, -0.25) is 4.79 Å². The van der Waals surface area contributed by atoms with Crippen molar-refractivity contribution in [2.45, 2.75) is 50.8 Å². The average molecular weight is 425 g/mol. The molecular weight excluding hydrogens is 396 g/mol. The normalized spacial score (nSPS) is 10.8. The summed E-state index contributed by atoms with van der Waals surface area (Å²) in [7, 11) is 0. The summed E-state index contributed by atoms with van der Waals surface area (Å²) in [5.74, 6) is 2.28. The first kappa shape index (κ1) is 22.0. The van der Waals surface area contributed by atoms with Gasteiger partial charge < -0.3 is 14.6 Å². The van der Waals surface area contributed by atoms with Crippen molar-refractivity contribution < 1.29 is 14.1 Å². The lowest BCUT2D eigenvalue weighted by Gasteiger charge is -2.11. The first-order valence-electron chi connectivity index (χ1n) is 10.2. The van der Waals surface area contributed by atoms with Gasteiger partial charge >= 0.3 is 0 Å². The molecule has 0 atom stereocenters. The van der Waals surface area contributed by atoms with Crippen LogP contribution in [0.5, 0.6) is 5.75 Å². The third-order valence-corrected chi connectivity index (χ3v) is 5.90. The van der Waals surface area contributed by atoms with Crippen LogP contribution in [0.1, 0.15) is 52.7 Å². The van der Waals surface area contributed by atoms with Gasteiger partial charge in [-0.25, -0.2) is 0 Å². The maximum atomic E-state index is 12.8. The van der Waals surface area contributed by atoms with Gasteiger partial charge in [0.05, 0.1) is 17.9 Å². The molecule has 3 aromatic rings. The van der Waals surface area contributed by atoms with E-state index in [-0.39, 0.29) is 5.91 Å². The molecule has 1 amide bonds. The van der Waals surface area contributed by atoms with Crippen LogP contribution in [0.4, 0.5) is 0 Å². The number of thioether (sulfide) groups is 1. The Bertz CT molecular complexity index is 965. The van der Waals surface area contributed by atoms with Crippen LogP contribution < -0.4 is 10.1 Å². The molecule has 158 valence electrons. The highest BCUT2D eigenvalue weighted by Crippen LogP contribution is 2.28. The van der Waals surface area contributed by atoms with Crippen molar-refractivity contribution in [2.75, 3.05) is 6.61 Å². The molecule has 1 heterocycles. The Hall–Kier alpha value is -2.73. The highest BCUT2D eigenvalue weighted by atomic mass is 32.2. The lowest BCUT2D eigenvalue weighted by atomic mass is 10.2. The summed E-state index contributed by atoms with van der Waals surface area (Å²) in [5.41, 5.74) is 3.65. The molecule has 0 fully saturated rings. The van der Waals surface area contributed by atoms with Gasteiger partial charge in [0.25, 0.3) is 5.91 Å². The van der Waals surface area contributed by atoms with E-state index in [0.29, 0.717) is 24.5 Å². The lowest BCUT2D eigenvalue weighted by molar-refractivity contribution is 0.0948. The summed E-state index contributed by atoms with van der Waals surface area (Å²) in [4.78, 5) is 13.8. The Balaban J connectivity index is 1.61. The van der Waals surface area contributed by atoms with Crippen molar-refractivity contribution in [1.29, 1.82) is 0 Å². The van der Waals surface area contributed by atoms with Crippen LogP contribution >= 0.6 is 11.8 Å². The fourth-order valence-corrected chi connectivity index (χ4v) is 4.20. The molecule has 0 aliphatic rings. The van der Waals surface area contributed by atoms with E-state index in [1.54, 1.807) is 11.8 Å². The third-order valence-electron chi connectivity index (χ3n) is 4.80. The Morgan fingerprint density at radius 1 is 1.17 bits per heavy atom. The molecule has 0 saturated carbocycles. The van der Waals surface area contributed by atoms with Gasteiger partial charge in [-0.1, -0.05) is 42.8 Å². The van der Waals surface area contributed by atoms with Crippen LogP contribution in [-0.4, -0.2) is 17.7 Å². The van der Waals surface area contributed by atoms with E-state index in [1.807, 2.05) is 62.4 Å². The van der Waals surface area contributed by atoms with Gasteiger partial charge in [-0.05, 0) is 50.1 Å². The number of benzene rings is 2. The summed E-state index contributed by atoms with van der Waals surface area (Å²) < 4.78 is 11.0. The molecule has 1 aromatic heterocycles. The quantitative estimate of drug-likeness (QED) is 0.334. The molecule has 30 heavy (non-hydrogen) atoms. The van der Waals surface area contributed by atoms with Crippen molar-refractivity contribution in [3.05, 3.63) is 76.7 Å². The van der Waals surface area contributed by atoms with Gasteiger partial charge in [0.1, 0.15) is 11.5 Å². The van der Waals surface area contributed by atoms with Crippen LogP contribution in [0, 0.1) is 13.8 Å². The zero-order valence-electron chi connectivity index (χ0n) is 17.7. The number of nitrogens with one attached hydrogen (secondary N) is 1. The Morgan fingerprint density at radius 3 is 2.77 bits per heavy atom. The highest BCUT2D eigenvalue weighted by Gasteiger charge is 2.14. The number of aromatic nitrogens is 1. The van der Waals surface area contributed by atoms with Crippen LogP contribution in [0.25, 0.3) is 0 Å². The number of rotatable bonds is 10. The number of carbonyl (C=O) groups excluding carboxylic acids is 1. The van der Waals surface area contributed by atoms with Crippen molar-refractivity contribution in [3.63, 3.8) is 0 Å². The minimum absolute atomic E-state index is 0.0887. The maximum Gasteiger partial charge on any atom is 0.252 e. The first-order valence-corrected chi connectivity index (χ1v) is 11.2. The largest absolute Gasteiger partial charge is 0.494 e. The monoisotopic (exact) mass is 424 g/mol. The third kappa shape index (κ3) is 5.89. The highest BCUT2D eigenvalue weighted by molar-refractivity contribution is 7.98. The van der Waals surface area contributed by atoms with Crippen LogP contribution in [0.15, 0.2) is 57.9 Å². The molecule has 1 N–H and O–H groups in total. The Labute approximate surface area is 182 Å². The van der Waals surface area contributed by atoms with Crippen LogP contribution in [0.3, 0.4) is 0 Å². The number of ether oxygens (including phenoxy) is 1. The van der Waals surface area contributed by atoms with E-state index in [1.165, 1.54) is 0 Å². The zero-order valence-corrected chi connectivity index (χ0v) is 18.6. The van der Waals surface area contributed by atoms with Gasteiger partial charge in [0, 0.05) is 22.8 Å². The summed E-state index contributed by atoms with van der Waals surface area (Å²) >= 11 is 1.62. The van der Waals surface area contributed by atoms with E-state index in [4.69, 9.17) is 9.26 Å². The SMILES string of the molecule is CCCCOc1cccc(CNC(=O)c2ccccc2SCc2c(C)noc2C)c1. The zero-order chi connectivity index (χ0) is 21.3. The molecule has 2 aromatic carbocycles. The molecule has 5 nitrogen and oxygen atoms in total. The van der Waals surface area contributed by atoms with Crippen molar-refractivity contribution in [1.82, 2.24) is 10.5 Å². The van der Waals surface area contributed by atoms with Crippen molar-refractivity contribution in [2.24, 2.45) is 0 Å².